The molecule has 132 valence electrons. The molecule has 0 fully saturated rings. The molecule has 0 amide bonds. The third kappa shape index (κ3) is 2.23. The molecule has 1 heterocycles. The highest BCUT2D eigenvalue weighted by Crippen LogP contribution is 2.36. The molecule has 1 unspecified atom stereocenters. The lowest BCUT2D eigenvalue weighted by molar-refractivity contribution is 0.0694. The zero-order chi connectivity index (χ0) is 18.6. The first-order valence-electron chi connectivity index (χ1n) is 7.93. The van der Waals surface area contributed by atoms with Crippen LogP contribution < -0.4 is 5.43 Å². The minimum absolute atomic E-state index is 0.430. The summed E-state index contributed by atoms with van der Waals surface area (Å²) in [7, 11) is 0. The first kappa shape index (κ1) is 16.4. The fraction of sp³-hybridized carbons (Fsp3) is 0.158. The van der Waals surface area contributed by atoms with Crippen molar-refractivity contribution in [3.05, 3.63) is 80.9 Å². The highest BCUT2D eigenvalue weighted by molar-refractivity contribution is 5.93. The van der Waals surface area contributed by atoms with E-state index in [2.05, 4.69) is 0 Å². The molecule has 1 atom stereocenters. The highest BCUT2D eigenvalue weighted by atomic mass is 19.2. The summed E-state index contributed by atoms with van der Waals surface area (Å²) in [5.74, 6) is -6.24. The number of hydrogen-bond donors (Lipinski definition) is 1. The molecule has 4 nitrogen and oxygen atoms in total. The summed E-state index contributed by atoms with van der Waals surface area (Å²) in [6.07, 6.45) is 2.21. The fourth-order valence-electron chi connectivity index (χ4n) is 3.64. The SMILES string of the molecule is O=C(O)c1cn(C2CCc3ccccc32)c2c(F)c(F)c(F)cc2c1=O. The van der Waals surface area contributed by atoms with Crippen molar-refractivity contribution in [2.24, 2.45) is 0 Å². The minimum Gasteiger partial charge on any atom is -0.477 e. The van der Waals surface area contributed by atoms with E-state index < -0.39 is 51.4 Å². The van der Waals surface area contributed by atoms with Crippen LogP contribution in [-0.4, -0.2) is 15.6 Å². The van der Waals surface area contributed by atoms with Gasteiger partial charge in [-0.2, -0.15) is 0 Å². The highest BCUT2D eigenvalue weighted by Gasteiger charge is 2.29. The van der Waals surface area contributed by atoms with Crippen LogP contribution in [0.5, 0.6) is 0 Å². The van der Waals surface area contributed by atoms with Gasteiger partial charge in [0.15, 0.2) is 17.5 Å². The molecule has 0 aliphatic heterocycles. The minimum atomic E-state index is -1.69. The van der Waals surface area contributed by atoms with Crippen LogP contribution in [0.3, 0.4) is 0 Å². The topological polar surface area (TPSA) is 59.3 Å². The molecule has 26 heavy (non-hydrogen) atoms. The number of carboxylic acid groups (broad SMARTS) is 1. The van der Waals surface area contributed by atoms with E-state index in [-0.39, 0.29) is 0 Å². The summed E-state index contributed by atoms with van der Waals surface area (Å²) in [6, 6.07) is 7.43. The molecule has 1 aliphatic rings. The first-order valence-corrected chi connectivity index (χ1v) is 7.93. The van der Waals surface area contributed by atoms with Gasteiger partial charge in [0.25, 0.3) is 0 Å². The molecule has 1 aromatic heterocycles. The van der Waals surface area contributed by atoms with Gasteiger partial charge in [0.2, 0.25) is 5.43 Å². The van der Waals surface area contributed by atoms with E-state index in [1.165, 1.54) is 4.57 Å². The average Bonchev–Trinajstić information content (AvgIpc) is 3.04. The largest absolute Gasteiger partial charge is 0.477 e. The maximum atomic E-state index is 14.5. The van der Waals surface area contributed by atoms with Gasteiger partial charge in [-0.25, -0.2) is 18.0 Å². The number of carbonyl (C=O) groups is 1. The van der Waals surface area contributed by atoms with Gasteiger partial charge in [-0.1, -0.05) is 24.3 Å². The number of aromatic nitrogens is 1. The zero-order valence-corrected chi connectivity index (χ0v) is 13.3. The van der Waals surface area contributed by atoms with Gasteiger partial charge < -0.3 is 9.67 Å². The summed E-state index contributed by atoms with van der Waals surface area (Å²) >= 11 is 0. The number of halogens is 3. The maximum Gasteiger partial charge on any atom is 0.341 e. The number of aromatic carboxylic acids is 1. The van der Waals surface area contributed by atoms with Crippen LogP contribution in [0.15, 0.2) is 41.3 Å². The summed E-state index contributed by atoms with van der Waals surface area (Å²) in [4.78, 5) is 23.8. The van der Waals surface area contributed by atoms with Crippen molar-refractivity contribution in [3.63, 3.8) is 0 Å². The van der Waals surface area contributed by atoms with Crippen LogP contribution in [-0.2, 0) is 6.42 Å². The molecule has 1 aliphatic carbocycles. The molecular formula is C19H12F3NO3. The standard InChI is InChI=1S/C19H12F3NO3/c20-13-7-11-17(16(22)15(13)21)23(8-12(18(11)24)19(25)26)14-6-5-9-3-1-2-4-10(9)14/h1-4,7-8,14H,5-6H2,(H,25,26). The van der Waals surface area contributed by atoms with E-state index in [0.29, 0.717) is 18.9 Å². The van der Waals surface area contributed by atoms with Gasteiger partial charge in [0.05, 0.1) is 16.9 Å². The monoisotopic (exact) mass is 359 g/mol. The molecule has 3 aromatic rings. The number of hydrogen-bond acceptors (Lipinski definition) is 2. The third-order valence-electron chi connectivity index (χ3n) is 4.82. The number of nitrogens with zero attached hydrogens (tertiary/aromatic N) is 1. The molecule has 1 N–H and O–H groups in total. The predicted octanol–water partition coefficient (Wildman–Crippen LogP) is 3.65. The second-order valence-electron chi connectivity index (χ2n) is 6.22. The molecule has 0 radical (unpaired) electrons. The van der Waals surface area contributed by atoms with E-state index in [0.717, 1.165) is 17.3 Å². The second-order valence-corrected chi connectivity index (χ2v) is 6.22. The van der Waals surface area contributed by atoms with E-state index in [1.807, 2.05) is 18.2 Å². The number of rotatable bonds is 2. The Morgan fingerprint density at radius 2 is 1.88 bits per heavy atom. The van der Waals surface area contributed by atoms with E-state index in [9.17, 15) is 27.9 Å². The second kappa shape index (κ2) is 5.72. The van der Waals surface area contributed by atoms with Crippen LogP contribution in [0, 0.1) is 17.5 Å². The Morgan fingerprint density at radius 1 is 1.15 bits per heavy atom. The van der Waals surface area contributed by atoms with Crippen molar-refractivity contribution >= 4 is 16.9 Å². The van der Waals surface area contributed by atoms with Crippen molar-refractivity contribution in [2.45, 2.75) is 18.9 Å². The molecule has 0 saturated heterocycles. The van der Waals surface area contributed by atoms with Crippen molar-refractivity contribution < 1.29 is 23.1 Å². The van der Waals surface area contributed by atoms with Crippen LogP contribution in [0.25, 0.3) is 10.9 Å². The molecule has 4 rings (SSSR count). The average molecular weight is 359 g/mol. The van der Waals surface area contributed by atoms with E-state index in [4.69, 9.17) is 0 Å². The van der Waals surface area contributed by atoms with E-state index in [1.54, 1.807) is 6.07 Å². The van der Waals surface area contributed by atoms with E-state index >= 15 is 0 Å². The van der Waals surface area contributed by atoms with Crippen LogP contribution >= 0.6 is 0 Å². The normalized spacial score (nSPS) is 16.0. The van der Waals surface area contributed by atoms with Gasteiger partial charge in [-0.15, -0.1) is 0 Å². The number of pyridine rings is 1. The lowest BCUT2D eigenvalue weighted by Crippen LogP contribution is -2.22. The molecule has 0 bridgehead atoms. The molecular weight excluding hydrogens is 347 g/mol. The van der Waals surface area contributed by atoms with Crippen molar-refractivity contribution in [1.29, 1.82) is 0 Å². The molecule has 0 spiro atoms. The Morgan fingerprint density at radius 3 is 2.62 bits per heavy atom. The number of benzene rings is 2. The zero-order valence-electron chi connectivity index (χ0n) is 13.3. The predicted molar refractivity (Wildman–Crippen MR) is 87.9 cm³/mol. The Labute approximate surface area is 145 Å². The number of fused-ring (bicyclic) bond motifs is 2. The van der Waals surface area contributed by atoms with Gasteiger partial charge in [-0.3, -0.25) is 4.79 Å². The summed E-state index contributed by atoms with van der Waals surface area (Å²) < 4.78 is 43.3. The van der Waals surface area contributed by atoms with Crippen molar-refractivity contribution in [2.75, 3.05) is 0 Å². The Balaban J connectivity index is 2.12. The molecule has 2 aromatic carbocycles. The first-order chi connectivity index (χ1) is 12.4. The summed E-state index contributed by atoms with van der Waals surface area (Å²) in [5.41, 5.74) is -0.261. The fourth-order valence-corrected chi connectivity index (χ4v) is 3.64. The number of carboxylic acids is 1. The van der Waals surface area contributed by atoms with Gasteiger partial charge in [0.1, 0.15) is 5.56 Å². The third-order valence-corrected chi connectivity index (χ3v) is 4.82. The van der Waals surface area contributed by atoms with Crippen molar-refractivity contribution in [3.8, 4) is 0 Å². The summed E-state index contributed by atoms with van der Waals surface area (Å²) in [6.45, 7) is 0. The maximum absolute atomic E-state index is 14.5. The Kier molecular flexibility index (Phi) is 3.61. The smallest absolute Gasteiger partial charge is 0.341 e. The quantitative estimate of drug-likeness (QED) is 0.711. The van der Waals surface area contributed by atoms with Crippen LogP contribution in [0.2, 0.25) is 0 Å². The Hall–Kier alpha value is -3.09. The van der Waals surface area contributed by atoms with Gasteiger partial charge in [0, 0.05) is 6.20 Å². The summed E-state index contributed by atoms with van der Waals surface area (Å²) in [5, 5.41) is 8.81. The van der Waals surface area contributed by atoms with Gasteiger partial charge in [-0.05, 0) is 30.0 Å². The lowest BCUT2D eigenvalue weighted by Gasteiger charge is -2.20. The van der Waals surface area contributed by atoms with Crippen molar-refractivity contribution in [1.82, 2.24) is 4.57 Å². The number of aryl methyl sites for hydroxylation is 1. The van der Waals surface area contributed by atoms with Gasteiger partial charge >= 0.3 is 5.97 Å². The molecule has 0 saturated carbocycles. The van der Waals surface area contributed by atoms with Crippen LogP contribution in [0.4, 0.5) is 13.2 Å². The molecule has 7 heteroatoms. The van der Waals surface area contributed by atoms with Crippen LogP contribution in [0.1, 0.15) is 33.9 Å². The lowest BCUT2D eigenvalue weighted by atomic mass is 10.0. The Bertz CT molecular complexity index is 1140.